The first-order chi connectivity index (χ1) is 18.9. The van der Waals surface area contributed by atoms with Crippen LogP contribution in [0.1, 0.15) is 69.2 Å². The van der Waals surface area contributed by atoms with Gasteiger partial charge in [0.1, 0.15) is 29.9 Å². The molecule has 1 heterocycles. The third-order valence-electron chi connectivity index (χ3n) is 6.73. The van der Waals surface area contributed by atoms with Crippen LogP contribution in [-0.4, -0.2) is 41.4 Å². The highest BCUT2D eigenvalue weighted by molar-refractivity contribution is 5.97. The minimum absolute atomic E-state index is 0.136. The Kier molecular flexibility index (Phi) is 13.7. The molecule has 0 amide bonds. The minimum Gasteiger partial charge on any atom is -0.508 e. The van der Waals surface area contributed by atoms with Crippen LogP contribution in [0.15, 0.2) is 66.7 Å². The van der Waals surface area contributed by atoms with E-state index in [9.17, 15) is 15.5 Å². The number of phenols is 2. The van der Waals surface area contributed by atoms with Crippen LogP contribution in [0, 0.1) is 18.3 Å². The van der Waals surface area contributed by atoms with E-state index >= 15 is 0 Å². The van der Waals surface area contributed by atoms with Gasteiger partial charge in [-0.05, 0) is 110 Å². The van der Waals surface area contributed by atoms with E-state index in [-0.39, 0.29) is 11.5 Å². The van der Waals surface area contributed by atoms with Gasteiger partial charge >= 0.3 is 0 Å². The van der Waals surface area contributed by atoms with Crippen molar-refractivity contribution in [2.75, 3.05) is 26.2 Å². The Labute approximate surface area is 235 Å². The molecule has 0 saturated carbocycles. The number of hydrogen-bond acceptors (Lipinski definition) is 5. The summed E-state index contributed by atoms with van der Waals surface area (Å²) < 4.78 is 5.77. The minimum atomic E-state index is 0.136. The molecule has 0 spiro atoms. The quantitative estimate of drug-likeness (QED) is 0.240. The number of hydrogen-bond donors (Lipinski definition) is 2. The first kappa shape index (κ1) is 31.5. The van der Waals surface area contributed by atoms with Gasteiger partial charge in [-0.15, -0.1) is 0 Å². The van der Waals surface area contributed by atoms with Crippen molar-refractivity contribution in [3.8, 4) is 23.3 Å². The van der Waals surface area contributed by atoms with E-state index in [1.165, 1.54) is 37.9 Å². The van der Waals surface area contributed by atoms with Crippen LogP contribution < -0.4 is 4.74 Å². The summed E-state index contributed by atoms with van der Waals surface area (Å²) in [6.07, 6.45) is 5.19. The number of benzene rings is 3. The van der Waals surface area contributed by atoms with Crippen molar-refractivity contribution >= 4 is 11.1 Å². The van der Waals surface area contributed by atoms with Gasteiger partial charge in [-0.25, -0.2) is 0 Å². The fraction of sp³-hybridized carbons (Fsp3) is 0.382. The highest BCUT2D eigenvalue weighted by Crippen LogP contribution is 2.30. The molecule has 0 aliphatic carbocycles. The Morgan fingerprint density at radius 1 is 0.897 bits per heavy atom. The zero-order chi connectivity index (χ0) is 28.6. The van der Waals surface area contributed by atoms with Crippen molar-refractivity contribution in [1.29, 1.82) is 5.26 Å². The van der Waals surface area contributed by atoms with Crippen LogP contribution in [0.3, 0.4) is 0 Å². The lowest BCUT2D eigenvalue weighted by molar-refractivity contribution is 0.183. The summed E-state index contributed by atoms with van der Waals surface area (Å²) in [5.74, 6) is 1.32. The van der Waals surface area contributed by atoms with Crippen LogP contribution >= 0.6 is 0 Å². The molecule has 39 heavy (non-hydrogen) atoms. The van der Waals surface area contributed by atoms with E-state index in [1.807, 2.05) is 27.7 Å². The molecule has 3 aromatic carbocycles. The lowest BCUT2D eigenvalue weighted by Gasteiger charge is -2.26. The molecule has 1 aliphatic rings. The number of phenolic OH excluding ortho intramolecular Hbond substituents is 2. The van der Waals surface area contributed by atoms with Crippen LogP contribution in [0.25, 0.3) is 11.1 Å². The van der Waals surface area contributed by atoms with Gasteiger partial charge < -0.3 is 14.9 Å². The van der Waals surface area contributed by atoms with E-state index in [1.54, 1.807) is 42.5 Å². The Morgan fingerprint density at radius 2 is 1.51 bits per heavy atom. The molecule has 208 valence electrons. The number of nitriles is 1. The Morgan fingerprint density at radius 3 is 2.10 bits per heavy atom. The molecule has 1 aliphatic heterocycles. The summed E-state index contributed by atoms with van der Waals surface area (Å²) in [7, 11) is 0. The van der Waals surface area contributed by atoms with Gasteiger partial charge in [-0.2, -0.15) is 5.26 Å². The Hall–Kier alpha value is -3.75. The van der Waals surface area contributed by atoms with Gasteiger partial charge in [0.25, 0.3) is 0 Å². The van der Waals surface area contributed by atoms with Crippen molar-refractivity contribution in [3.05, 3.63) is 89.0 Å². The van der Waals surface area contributed by atoms with E-state index in [0.717, 1.165) is 47.6 Å². The lowest BCUT2D eigenvalue weighted by Crippen LogP contribution is -2.33. The van der Waals surface area contributed by atoms with Crippen molar-refractivity contribution in [2.45, 2.75) is 60.3 Å². The van der Waals surface area contributed by atoms with Gasteiger partial charge in [-0.1, -0.05) is 57.5 Å². The van der Waals surface area contributed by atoms with Crippen molar-refractivity contribution in [1.82, 2.24) is 4.90 Å². The lowest BCUT2D eigenvalue weighted by atomic mass is 9.94. The van der Waals surface area contributed by atoms with Gasteiger partial charge in [0.15, 0.2) is 0 Å². The average molecular weight is 529 g/mol. The van der Waals surface area contributed by atoms with Crippen LogP contribution in [-0.2, 0) is 6.42 Å². The molecule has 0 aromatic heterocycles. The molecule has 5 nitrogen and oxygen atoms in total. The van der Waals surface area contributed by atoms with Crippen molar-refractivity contribution in [2.24, 2.45) is 0 Å². The second-order valence-corrected chi connectivity index (χ2v) is 9.41. The third-order valence-corrected chi connectivity index (χ3v) is 6.73. The van der Waals surface area contributed by atoms with Gasteiger partial charge in [-0.3, -0.25) is 4.90 Å². The molecule has 0 bridgehead atoms. The van der Waals surface area contributed by atoms with Crippen molar-refractivity contribution < 1.29 is 14.9 Å². The highest BCUT2D eigenvalue weighted by atomic mass is 16.5. The molecular weight excluding hydrogens is 484 g/mol. The van der Waals surface area contributed by atoms with E-state index < -0.39 is 0 Å². The maximum absolute atomic E-state index is 9.61. The largest absolute Gasteiger partial charge is 0.508 e. The number of piperidine rings is 1. The first-order valence-corrected chi connectivity index (χ1v) is 14.1. The molecule has 0 radical (unpaired) electrons. The first-order valence-electron chi connectivity index (χ1n) is 14.1. The molecule has 0 unspecified atom stereocenters. The Balaban J connectivity index is 0.000000260. The molecule has 2 N–H and O–H groups in total. The average Bonchev–Trinajstić information content (AvgIpc) is 2.98. The summed E-state index contributed by atoms with van der Waals surface area (Å²) in [4.78, 5) is 2.50. The number of aromatic hydroxyl groups is 2. The number of nitrogens with zero attached hydrogens (tertiary/aromatic N) is 2. The maximum atomic E-state index is 9.61. The number of allylic oxidation sites excluding steroid dienone is 2. The highest BCUT2D eigenvalue weighted by Gasteiger charge is 2.11. The predicted octanol–water partition coefficient (Wildman–Crippen LogP) is 8.00. The zero-order valence-electron chi connectivity index (χ0n) is 24.2. The maximum Gasteiger partial charge on any atom is 0.119 e. The second-order valence-electron chi connectivity index (χ2n) is 9.41. The summed E-state index contributed by atoms with van der Waals surface area (Å²) in [6.45, 7) is 14.3. The molecule has 5 heteroatoms. The predicted molar refractivity (Wildman–Crippen MR) is 162 cm³/mol. The van der Waals surface area contributed by atoms with E-state index in [0.29, 0.717) is 5.57 Å². The topological polar surface area (TPSA) is 76.7 Å². The Bertz CT molecular complexity index is 1200. The standard InChI is InChI=1S/C17H15NO2.C15H23NO.C2H6/c1-11-3-6-15(20)9-16(11)17(10-18)12(2)13-4-7-14(19)8-5-13;1-2-14-6-8-15(9-7-14)17-13-12-16-10-4-3-5-11-16;1-2/h3-9,19-20H,1-2H3;6-9H,2-5,10-13H2,1H3;1-2H3/b17-12+;;. The van der Waals surface area contributed by atoms with Crippen LogP contribution in [0.5, 0.6) is 17.2 Å². The van der Waals surface area contributed by atoms with Crippen LogP contribution in [0.4, 0.5) is 0 Å². The summed E-state index contributed by atoms with van der Waals surface area (Å²) in [5.41, 5.74) is 5.20. The zero-order valence-corrected chi connectivity index (χ0v) is 24.2. The molecule has 1 saturated heterocycles. The fourth-order valence-corrected chi connectivity index (χ4v) is 4.38. The molecule has 1 fully saturated rings. The van der Waals surface area contributed by atoms with Gasteiger partial charge in [0.05, 0.1) is 5.57 Å². The molecule has 4 rings (SSSR count). The number of rotatable bonds is 7. The van der Waals surface area contributed by atoms with E-state index in [2.05, 4.69) is 42.2 Å². The fourth-order valence-electron chi connectivity index (χ4n) is 4.38. The van der Waals surface area contributed by atoms with Gasteiger partial charge in [0, 0.05) is 6.54 Å². The van der Waals surface area contributed by atoms with Crippen LogP contribution in [0.2, 0.25) is 0 Å². The molecular formula is C34H44N2O3. The summed E-state index contributed by atoms with van der Waals surface area (Å²) in [6, 6.07) is 22.3. The van der Waals surface area contributed by atoms with Crippen molar-refractivity contribution in [3.63, 3.8) is 0 Å². The third kappa shape index (κ3) is 10.1. The monoisotopic (exact) mass is 528 g/mol. The van der Waals surface area contributed by atoms with Gasteiger partial charge in [0.2, 0.25) is 0 Å². The molecule has 3 aromatic rings. The SMILES string of the molecule is C/C(=C(/C#N)c1cc(O)ccc1C)c1ccc(O)cc1.CC.CCc1ccc(OCCN2CCCCC2)cc1. The second kappa shape index (κ2) is 17.0. The summed E-state index contributed by atoms with van der Waals surface area (Å²) in [5, 5.41) is 28.4. The number of likely N-dealkylation sites (tertiary alicyclic amines) is 1. The smallest absolute Gasteiger partial charge is 0.119 e. The molecule has 0 atom stereocenters. The normalized spacial score (nSPS) is 13.5. The number of aryl methyl sites for hydroxylation is 2. The number of ether oxygens (including phenoxy) is 1. The summed E-state index contributed by atoms with van der Waals surface area (Å²) >= 11 is 0. The van der Waals surface area contributed by atoms with E-state index in [4.69, 9.17) is 4.74 Å².